The molecule has 0 bridgehead atoms. The number of hydrogen-bond donors (Lipinski definition) is 0. The van der Waals surface area contributed by atoms with Gasteiger partial charge >= 0.3 is 0 Å². The summed E-state index contributed by atoms with van der Waals surface area (Å²) in [7, 11) is 0. The Bertz CT molecular complexity index is 500. The highest BCUT2D eigenvalue weighted by atomic mass is 35.5. The Kier molecular flexibility index (Phi) is 3.09. The lowest BCUT2D eigenvalue weighted by Crippen LogP contribution is -2.44. The highest BCUT2D eigenvalue weighted by Gasteiger charge is 2.46. The van der Waals surface area contributed by atoms with E-state index < -0.39 is 0 Å². The molecule has 0 aliphatic heterocycles. The number of halogens is 1. The summed E-state index contributed by atoms with van der Waals surface area (Å²) in [5, 5.41) is -0.209. The number of hydrogen-bond acceptors (Lipinski definition) is 1. The fourth-order valence-electron chi connectivity index (χ4n) is 3.21. The van der Waals surface area contributed by atoms with Gasteiger partial charge in [-0.3, -0.25) is 4.79 Å². The van der Waals surface area contributed by atoms with E-state index in [-0.39, 0.29) is 22.0 Å². The Hall–Kier alpha value is -0.820. The molecule has 2 rings (SSSR count). The zero-order chi connectivity index (χ0) is 13.7. The minimum absolute atomic E-state index is 0.00604. The molecule has 0 aromatic heterocycles. The van der Waals surface area contributed by atoms with Crippen molar-refractivity contribution < 1.29 is 4.79 Å². The van der Waals surface area contributed by atoms with Crippen LogP contribution in [0.4, 0.5) is 0 Å². The lowest BCUT2D eigenvalue weighted by atomic mass is 9.58. The standard InChI is InChI=1S/C16H21ClO/c1-10-6-7-11-12(8-10)15(2,3)9-13(14(17)18)16(11,4)5/h6-8,13H,9H2,1-5H3. The second kappa shape index (κ2) is 4.09. The average Bonchev–Trinajstić information content (AvgIpc) is 2.23. The van der Waals surface area contributed by atoms with Crippen molar-refractivity contribution in [1.82, 2.24) is 0 Å². The van der Waals surface area contributed by atoms with Gasteiger partial charge in [0.1, 0.15) is 0 Å². The summed E-state index contributed by atoms with van der Waals surface area (Å²) in [6.45, 7) is 10.8. The van der Waals surface area contributed by atoms with Gasteiger partial charge in [0.25, 0.3) is 0 Å². The van der Waals surface area contributed by atoms with E-state index in [4.69, 9.17) is 11.6 Å². The van der Waals surface area contributed by atoms with Gasteiger partial charge in [0.05, 0.1) is 0 Å². The Balaban J connectivity index is 2.67. The number of fused-ring (bicyclic) bond motifs is 1. The monoisotopic (exact) mass is 264 g/mol. The van der Waals surface area contributed by atoms with E-state index in [2.05, 4.69) is 52.8 Å². The molecule has 1 aromatic rings. The van der Waals surface area contributed by atoms with Gasteiger partial charge < -0.3 is 0 Å². The highest BCUT2D eigenvalue weighted by Crippen LogP contribution is 2.49. The van der Waals surface area contributed by atoms with Crippen LogP contribution in [0.1, 0.15) is 50.8 Å². The van der Waals surface area contributed by atoms with Crippen molar-refractivity contribution in [2.24, 2.45) is 5.92 Å². The molecule has 0 saturated heterocycles. The van der Waals surface area contributed by atoms with Crippen molar-refractivity contribution in [2.75, 3.05) is 0 Å². The molecule has 2 heteroatoms. The van der Waals surface area contributed by atoms with Gasteiger partial charge in [-0.2, -0.15) is 0 Å². The molecular weight excluding hydrogens is 244 g/mol. The third-order valence-electron chi connectivity index (χ3n) is 4.46. The van der Waals surface area contributed by atoms with E-state index in [1.165, 1.54) is 16.7 Å². The van der Waals surface area contributed by atoms with Crippen LogP contribution >= 0.6 is 11.6 Å². The highest BCUT2D eigenvalue weighted by molar-refractivity contribution is 6.64. The number of rotatable bonds is 1. The summed E-state index contributed by atoms with van der Waals surface area (Å²) in [5.41, 5.74) is 3.72. The summed E-state index contributed by atoms with van der Waals surface area (Å²) >= 11 is 5.83. The Morgan fingerprint density at radius 1 is 1.22 bits per heavy atom. The molecule has 0 heterocycles. The molecule has 1 aromatic carbocycles. The van der Waals surface area contributed by atoms with E-state index in [1.807, 2.05) is 0 Å². The number of aryl methyl sites for hydroxylation is 1. The topological polar surface area (TPSA) is 17.1 Å². The van der Waals surface area contributed by atoms with E-state index in [0.29, 0.717) is 0 Å². The zero-order valence-electron chi connectivity index (χ0n) is 11.8. The first-order valence-electron chi connectivity index (χ1n) is 6.47. The van der Waals surface area contributed by atoms with Crippen LogP contribution in [0.25, 0.3) is 0 Å². The molecular formula is C16H21ClO. The maximum absolute atomic E-state index is 11.7. The van der Waals surface area contributed by atoms with Crippen LogP contribution in [0.2, 0.25) is 0 Å². The van der Waals surface area contributed by atoms with Crippen molar-refractivity contribution in [1.29, 1.82) is 0 Å². The molecule has 98 valence electrons. The van der Waals surface area contributed by atoms with Crippen molar-refractivity contribution in [3.05, 3.63) is 34.9 Å². The molecule has 0 saturated carbocycles. The van der Waals surface area contributed by atoms with Crippen LogP contribution in [0.3, 0.4) is 0 Å². The summed E-state index contributed by atoms with van der Waals surface area (Å²) < 4.78 is 0. The molecule has 0 radical (unpaired) electrons. The van der Waals surface area contributed by atoms with Crippen LogP contribution in [-0.4, -0.2) is 5.24 Å². The van der Waals surface area contributed by atoms with Gasteiger partial charge in [-0.15, -0.1) is 0 Å². The first-order chi connectivity index (χ1) is 8.16. The smallest absolute Gasteiger partial charge is 0.225 e. The SMILES string of the molecule is Cc1ccc2c(c1)C(C)(C)CC(C(=O)Cl)C2(C)C. The van der Waals surface area contributed by atoms with Gasteiger partial charge in [-0.05, 0) is 41.5 Å². The lowest BCUT2D eigenvalue weighted by molar-refractivity contribution is -0.118. The van der Waals surface area contributed by atoms with E-state index in [0.717, 1.165) is 6.42 Å². The molecule has 1 atom stereocenters. The van der Waals surface area contributed by atoms with Crippen LogP contribution in [0, 0.1) is 12.8 Å². The molecule has 0 N–H and O–H groups in total. The summed E-state index contributed by atoms with van der Waals surface area (Å²) in [6.07, 6.45) is 0.818. The van der Waals surface area contributed by atoms with E-state index in [1.54, 1.807) is 0 Å². The predicted molar refractivity (Wildman–Crippen MR) is 76.2 cm³/mol. The second-order valence-corrected chi connectivity index (χ2v) is 7.09. The van der Waals surface area contributed by atoms with Crippen molar-refractivity contribution in [2.45, 2.75) is 51.9 Å². The van der Waals surface area contributed by atoms with Crippen LogP contribution in [0.5, 0.6) is 0 Å². The average molecular weight is 265 g/mol. The minimum Gasteiger partial charge on any atom is -0.281 e. The molecule has 0 spiro atoms. The van der Waals surface area contributed by atoms with Gasteiger partial charge in [0.2, 0.25) is 5.24 Å². The van der Waals surface area contributed by atoms with Crippen molar-refractivity contribution in [3.63, 3.8) is 0 Å². The summed E-state index contributed by atoms with van der Waals surface area (Å²) in [4.78, 5) is 11.7. The van der Waals surface area contributed by atoms with E-state index in [9.17, 15) is 4.79 Å². The van der Waals surface area contributed by atoms with Crippen LogP contribution in [-0.2, 0) is 15.6 Å². The third-order valence-corrected chi connectivity index (χ3v) is 4.72. The van der Waals surface area contributed by atoms with Crippen LogP contribution in [0.15, 0.2) is 18.2 Å². The normalized spacial score (nSPS) is 24.4. The second-order valence-electron chi connectivity index (χ2n) is 6.72. The van der Waals surface area contributed by atoms with Gasteiger partial charge in [0.15, 0.2) is 0 Å². The molecule has 1 aliphatic carbocycles. The first-order valence-corrected chi connectivity index (χ1v) is 6.85. The maximum Gasteiger partial charge on any atom is 0.225 e. The molecule has 0 fully saturated rings. The summed E-state index contributed by atoms with van der Waals surface area (Å²) in [5.74, 6) is -0.107. The fraction of sp³-hybridized carbons (Fsp3) is 0.562. The molecule has 1 nitrogen and oxygen atoms in total. The Labute approximate surface area is 115 Å². The third kappa shape index (κ3) is 1.99. The van der Waals surface area contributed by atoms with Crippen molar-refractivity contribution in [3.8, 4) is 0 Å². The number of carbonyl (C=O) groups excluding carboxylic acids is 1. The number of carbonyl (C=O) groups is 1. The van der Waals surface area contributed by atoms with E-state index >= 15 is 0 Å². The molecule has 1 aliphatic rings. The molecule has 0 amide bonds. The number of benzene rings is 1. The van der Waals surface area contributed by atoms with Crippen LogP contribution < -0.4 is 0 Å². The first kappa shape index (κ1) is 13.6. The summed E-state index contributed by atoms with van der Waals surface area (Å²) in [6, 6.07) is 6.54. The van der Waals surface area contributed by atoms with Gasteiger partial charge in [0, 0.05) is 11.3 Å². The lowest BCUT2D eigenvalue weighted by Gasteiger charge is -2.46. The molecule has 1 unspecified atom stereocenters. The largest absolute Gasteiger partial charge is 0.281 e. The fourth-order valence-corrected chi connectivity index (χ4v) is 3.56. The molecule has 18 heavy (non-hydrogen) atoms. The Morgan fingerprint density at radius 3 is 2.39 bits per heavy atom. The maximum atomic E-state index is 11.7. The Morgan fingerprint density at radius 2 is 1.83 bits per heavy atom. The van der Waals surface area contributed by atoms with Gasteiger partial charge in [-0.1, -0.05) is 51.5 Å². The minimum atomic E-state index is -0.209. The predicted octanol–water partition coefficient (Wildman–Crippen LogP) is 4.34. The van der Waals surface area contributed by atoms with Crippen molar-refractivity contribution >= 4 is 16.8 Å². The quantitative estimate of drug-likeness (QED) is 0.690. The van der Waals surface area contributed by atoms with Gasteiger partial charge in [-0.25, -0.2) is 0 Å². The zero-order valence-corrected chi connectivity index (χ0v) is 12.6.